The monoisotopic (exact) mass is 324 g/mol. The average molecular weight is 324 g/mol. The second-order valence-corrected chi connectivity index (χ2v) is 6.35. The lowest BCUT2D eigenvalue weighted by molar-refractivity contribution is 0.121. The smallest absolute Gasteiger partial charge is 0.318 e. The number of benzene rings is 1. The zero-order chi connectivity index (χ0) is 15.6. The lowest BCUT2D eigenvalue weighted by Gasteiger charge is -2.04. The Bertz CT molecular complexity index is 495. The van der Waals surface area contributed by atoms with Crippen LogP contribution in [0.1, 0.15) is 32.3 Å². The second kappa shape index (κ2) is 10.1. The van der Waals surface area contributed by atoms with Gasteiger partial charge in [-0.15, -0.1) is 0 Å². The molecule has 1 unspecified atom stereocenters. The van der Waals surface area contributed by atoms with Crippen LogP contribution >= 0.6 is 8.25 Å². The molecule has 8 heteroatoms. The molecule has 0 aliphatic rings. The van der Waals surface area contributed by atoms with Crippen molar-refractivity contribution in [1.29, 1.82) is 0 Å². The fourth-order valence-corrected chi connectivity index (χ4v) is 1.94. The van der Waals surface area contributed by atoms with Gasteiger partial charge in [0.05, 0.1) is 4.90 Å². The lowest BCUT2D eigenvalue weighted by Crippen LogP contribution is -2.07. The molecule has 1 atom stereocenters. The third-order valence-corrected chi connectivity index (χ3v) is 3.82. The first kappa shape index (κ1) is 19.3. The van der Waals surface area contributed by atoms with Crippen LogP contribution < -0.4 is 0 Å². The summed E-state index contributed by atoms with van der Waals surface area (Å²) < 4.78 is 41.6. The molecule has 1 rings (SSSR count). The van der Waals surface area contributed by atoms with E-state index >= 15 is 0 Å². The highest BCUT2D eigenvalue weighted by atomic mass is 32.2. The highest BCUT2D eigenvalue weighted by Crippen LogP contribution is 2.17. The van der Waals surface area contributed by atoms with E-state index in [1.807, 2.05) is 6.92 Å². The Labute approximate surface area is 120 Å². The van der Waals surface area contributed by atoms with Crippen LogP contribution in [0.4, 0.5) is 0 Å². The van der Waals surface area contributed by atoms with Crippen LogP contribution in [0.5, 0.6) is 0 Å². The Morgan fingerprint density at radius 2 is 1.65 bits per heavy atom. The number of hydrogen-bond acceptors (Lipinski definition) is 5. The van der Waals surface area contributed by atoms with Gasteiger partial charge in [-0.1, -0.05) is 44.4 Å². The molecule has 0 fully saturated rings. The minimum absolute atomic E-state index is 0.0284. The van der Waals surface area contributed by atoms with E-state index in [0.717, 1.165) is 5.56 Å². The summed E-state index contributed by atoms with van der Waals surface area (Å²) in [6.07, 6.45) is 2.64. The summed E-state index contributed by atoms with van der Waals surface area (Å²) in [4.78, 5) is 8.28. The summed E-state index contributed by atoms with van der Waals surface area (Å²) in [7, 11) is -7.12. The highest BCUT2D eigenvalue weighted by Gasteiger charge is 2.14. The molecular formula is C12H21O6PS. The van der Waals surface area contributed by atoms with E-state index < -0.39 is 25.2 Å². The van der Waals surface area contributed by atoms with E-state index in [2.05, 4.69) is 22.6 Å². The van der Waals surface area contributed by atoms with Crippen LogP contribution in [0, 0.1) is 6.92 Å². The van der Waals surface area contributed by atoms with Gasteiger partial charge in [0.1, 0.15) is 0 Å². The van der Waals surface area contributed by atoms with Crippen LogP contribution in [0.3, 0.4) is 0 Å². The first-order valence-corrected chi connectivity index (χ1v) is 8.82. The number of unbranched alkanes of at least 4 members (excludes halogenated alkanes) is 1. The number of rotatable bonds is 6. The van der Waals surface area contributed by atoms with E-state index in [1.54, 1.807) is 12.1 Å². The maximum Gasteiger partial charge on any atom is 0.318 e. The topological polar surface area (TPSA) is 89.9 Å². The molecule has 1 N–H and O–H groups in total. The maximum atomic E-state index is 11.5. The Hall–Kier alpha value is -0.720. The predicted molar refractivity (Wildman–Crippen MR) is 77.2 cm³/mol. The SMILES string of the molecule is CCCC.Cc1ccc(S(=O)(=O)OCO[PH](=O)O)cc1. The van der Waals surface area contributed by atoms with Gasteiger partial charge in [-0.25, -0.2) is 4.18 Å². The average Bonchev–Trinajstić information content (AvgIpc) is 2.39. The number of aryl methyl sites for hydroxylation is 1. The van der Waals surface area contributed by atoms with Crippen molar-refractivity contribution in [3.63, 3.8) is 0 Å². The fourth-order valence-electron chi connectivity index (χ4n) is 0.911. The van der Waals surface area contributed by atoms with E-state index in [0.29, 0.717) is 0 Å². The molecule has 0 aliphatic carbocycles. The van der Waals surface area contributed by atoms with Crippen LogP contribution in [0.25, 0.3) is 0 Å². The molecule has 0 spiro atoms. The molecule has 116 valence electrons. The molecule has 0 heterocycles. The largest absolute Gasteiger partial charge is 0.326 e. The highest BCUT2D eigenvalue weighted by molar-refractivity contribution is 7.86. The third kappa shape index (κ3) is 8.45. The Morgan fingerprint density at radius 3 is 2.05 bits per heavy atom. The molecule has 1 aromatic rings. The van der Waals surface area contributed by atoms with Crippen LogP contribution in [0.15, 0.2) is 29.2 Å². The first-order valence-electron chi connectivity index (χ1n) is 6.15. The molecule has 6 nitrogen and oxygen atoms in total. The molecule has 0 saturated heterocycles. The van der Waals surface area contributed by atoms with E-state index in [4.69, 9.17) is 4.89 Å². The van der Waals surface area contributed by atoms with Gasteiger partial charge in [0.2, 0.25) is 0 Å². The molecule has 0 amide bonds. The molecule has 0 saturated carbocycles. The molecular weight excluding hydrogens is 303 g/mol. The van der Waals surface area contributed by atoms with Gasteiger partial charge < -0.3 is 4.89 Å². The molecule has 0 radical (unpaired) electrons. The lowest BCUT2D eigenvalue weighted by atomic mass is 10.2. The zero-order valence-corrected chi connectivity index (χ0v) is 13.6. The van der Waals surface area contributed by atoms with E-state index in [1.165, 1.54) is 25.0 Å². The normalized spacial score (nSPS) is 12.4. The van der Waals surface area contributed by atoms with Crippen molar-refractivity contribution < 1.29 is 26.6 Å². The summed E-state index contributed by atoms with van der Waals surface area (Å²) in [6.45, 7) is 5.41. The Morgan fingerprint density at radius 1 is 1.15 bits per heavy atom. The van der Waals surface area contributed by atoms with Gasteiger partial charge in [-0.2, -0.15) is 8.42 Å². The Balaban J connectivity index is 0.000000796. The Kier molecular flexibility index (Phi) is 9.71. The second-order valence-electron chi connectivity index (χ2n) is 3.91. The van der Waals surface area contributed by atoms with Gasteiger partial charge in [0, 0.05) is 0 Å². The third-order valence-electron chi connectivity index (χ3n) is 2.20. The van der Waals surface area contributed by atoms with Crippen LogP contribution in [-0.4, -0.2) is 20.1 Å². The molecule has 0 aliphatic heterocycles. The summed E-state index contributed by atoms with van der Waals surface area (Å²) >= 11 is 0. The van der Waals surface area contributed by atoms with Crippen molar-refractivity contribution in [1.82, 2.24) is 0 Å². The summed E-state index contributed by atoms with van der Waals surface area (Å²) in [5.74, 6) is 0. The first-order chi connectivity index (χ1) is 9.33. The summed E-state index contributed by atoms with van der Waals surface area (Å²) in [5, 5.41) is 0. The van der Waals surface area contributed by atoms with Gasteiger partial charge in [-0.05, 0) is 19.1 Å². The van der Waals surface area contributed by atoms with Gasteiger partial charge in [0.15, 0.2) is 6.79 Å². The minimum Gasteiger partial charge on any atom is -0.326 e. The predicted octanol–water partition coefficient (Wildman–Crippen LogP) is 2.86. The van der Waals surface area contributed by atoms with Gasteiger partial charge in [-0.3, -0.25) is 9.09 Å². The molecule has 0 bridgehead atoms. The van der Waals surface area contributed by atoms with Crippen LogP contribution in [0.2, 0.25) is 0 Å². The van der Waals surface area contributed by atoms with Crippen molar-refractivity contribution in [2.45, 2.75) is 38.5 Å². The van der Waals surface area contributed by atoms with Crippen LogP contribution in [-0.2, 0) is 23.4 Å². The standard InChI is InChI=1S/C8H11O6PS.C4H10/c1-7-2-4-8(5-3-7)16(11,12)14-6-13-15(9)10;1-3-4-2/h2-5,15H,6H2,1H3,(H,9,10);3-4H2,1-2H3. The van der Waals surface area contributed by atoms with E-state index in [9.17, 15) is 13.0 Å². The summed E-state index contributed by atoms with van der Waals surface area (Å²) in [6, 6.07) is 6.00. The van der Waals surface area contributed by atoms with Gasteiger partial charge in [0.25, 0.3) is 10.1 Å². The summed E-state index contributed by atoms with van der Waals surface area (Å²) in [5.41, 5.74) is 0.913. The van der Waals surface area contributed by atoms with Crippen molar-refractivity contribution in [2.24, 2.45) is 0 Å². The fraction of sp³-hybridized carbons (Fsp3) is 0.500. The molecule has 0 aromatic heterocycles. The van der Waals surface area contributed by atoms with Gasteiger partial charge >= 0.3 is 8.25 Å². The van der Waals surface area contributed by atoms with Crippen molar-refractivity contribution in [3.8, 4) is 0 Å². The van der Waals surface area contributed by atoms with E-state index in [-0.39, 0.29) is 4.90 Å². The molecule has 20 heavy (non-hydrogen) atoms. The maximum absolute atomic E-state index is 11.5. The molecule has 1 aromatic carbocycles. The van der Waals surface area contributed by atoms with Crippen molar-refractivity contribution in [3.05, 3.63) is 29.8 Å². The van der Waals surface area contributed by atoms with Crippen molar-refractivity contribution >= 4 is 18.4 Å². The quantitative estimate of drug-likeness (QED) is 0.491. The number of hydrogen-bond donors (Lipinski definition) is 1. The zero-order valence-electron chi connectivity index (χ0n) is 11.8. The van der Waals surface area contributed by atoms with Crippen molar-refractivity contribution in [2.75, 3.05) is 6.79 Å². The minimum atomic E-state index is -3.93.